The Morgan fingerprint density at radius 1 is 1.00 bits per heavy atom. The third-order valence-electron chi connectivity index (χ3n) is 5.87. The Morgan fingerprint density at radius 2 is 1.71 bits per heavy atom. The lowest BCUT2D eigenvalue weighted by Gasteiger charge is -2.33. The van der Waals surface area contributed by atoms with Gasteiger partial charge in [0.1, 0.15) is 5.82 Å². The van der Waals surface area contributed by atoms with E-state index in [1.165, 1.54) is 6.42 Å². The van der Waals surface area contributed by atoms with Crippen molar-refractivity contribution in [1.29, 1.82) is 0 Å². The van der Waals surface area contributed by atoms with Crippen molar-refractivity contribution in [3.05, 3.63) is 53.2 Å². The molecule has 2 fully saturated rings. The molecule has 7 nitrogen and oxygen atoms in total. The van der Waals surface area contributed by atoms with Crippen molar-refractivity contribution in [3.63, 3.8) is 0 Å². The lowest BCUT2D eigenvalue weighted by atomic mass is 10.1. The molecule has 0 saturated carbocycles. The molecule has 0 radical (unpaired) electrons. The van der Waals surface area contributed by atoms with Crippen LogP contribution in [-0.2, 0) is 0 Å². The molecule has 31 heavy (non-hydrogen) atoms. The van der Waals surface area contributed by atoms with E-state index in [0.717, 1.165) is 57.5 Å². The zero-order chi connectivity index (χ0) is 21.6. The van der Waals surface area contributed by atoms with Gasteiger partial charge in [0.25, 0.3) is 5.91 Å². The fourth-order valence-corrected chi connectivity index (χ4v) is 4.46. The first-order valence-corrected chi connectivity index (χ1v) is 11.3. The van der Waals surface area contributed by atoms with Crippen LogP contribution >= 0.6 is 11.6 Å². The third kappa shape index (κ3) is 5.47. The topological polar surface area (TPSA) is 77.6 Å². The summed E-state index contributed by atoms with van der Waals surface area (Å²) in [6.45, 7) is 3.08. The van der Waals surface area contributed by atoms with Crippen LogP contribution in [0.1, 0.15) is 42.5 Å². The van der Waals surface area contributed by atoms with Gasteiger partial charge in [0.2, 0.25) is 0 Å². The van der Waals surface area contributed by atoms with Gasteiger partial charge >= 0.3 is 6.03 Å². The summed E-state index contributed by atoms with van der Waals surface area (Å²) in [5, 5.41) is 6.38. The monoisotopic (exact) mass is 441 g/mol. The number of aromatic nitrogens is 1. The number of carbonyl (C=O) groups excluding carboxylic acids is 2. The number of rotatable bonds is 4. The number of piperidine rings is 2. The Kier molecular flexibility index (Phi) is 6.92. The fourth-order valence-electron chi connectivity index (χ4n) is 4.17. The summed E-state index contributed by atoms with van der Waals surface area (Å²) >= 11 is 6.50. The molecule has 2 N–H and O–H groups in total. The number of pyridine rings is 1. The molecule has 0 atom stereocenters. The van der Waals surface area contributed by atoms with Crippen molar-refractivity contribution < 1.29 is 9.59 Å². The molecule has 4 rings (SSSR count). The summed E-state index contributed by atoms with van der Waals surface area (Å²) in [4.78, 5) is 33.4. The molecule has 164 valence electrons. The molecule has 0 bridgehead atoms. The van der Waals surface area contributed by atoms with Crippen molar-refractivity contribution >= 4 is 35.0 Å². The Hall–Kier alpha value is -2.80. The van der Waals surface area contributed by atoms with Crippen LogP contribution < -0.4 is 15.5 Å². The number of anilines is 2. The minimum absolute atomic E-state index is 0.00740. The van der Waals surface area contributed by atoms with E-state index in [4.69, 9.17) is 11.6 Å². The van der Waals surface area contributed by atoms with Crippen LogP contribution in [-0.4, -0.2) is 54.0 Å². The molecule has 2 saturated heterocycles. The average molecular weight is 442 g/mol. The second-order valence-electron chi connectivity index (χ2n) is 8.11. The normalized spacial score (nSPS) is 17.3. The SMILES string of the molecule is O=C(Nc1ccccc1)NC1CCN(c2ncc(C(=O)N3CCCCC3)cc2Cl)CC1. The number of halogens is 1. The van der Waals surface area contributed by atoms with Crippen LogP contribution in [0.15, 0.2) is 42.6 Å². The molecule has 2 aromatic rings. The third-order valence-corrected chi connectivity index (χ3v) is 6.15. The second kappa shape index (κ2) is 10.0. The molecule has 1 aromatic heterocycles. The summed E-state index contributed by atoms with van der Waals surface area (Å²) in [7, 11) is 0. The highest BCUT2D eigenvalue weighted by atomic mass is 35.5. The highest BCUT2D eigenvalue weighted by Gasteiger charge is 2.24. The van der Waals surface area contributed by atoms with E-state index >= 15 is 0 Å². The van der Waals surface area contributed by atoms with Crippen molar-refractivity contribution in [2.45, 2.75) is 38.1 Å². The van der Waals surface area contributed by atoms with E-state index < -0.39 is 0 Å². The number of nitrogens with zero attached hydrogens (tertiary/aromatic N) is 3. The standard InChI is InChI=1S/C23H28ClN5O2/c24-20-15-17(22(30)29-11-5-2-6-12-29)16-25-21(20)28-13-9-19(10-14-28)27-23(31)26-18-7-3-1-4-8-18/h1,3-4,7-8,15-16,19H,2,5-6,9-14H2,(H2,26,27,31). The Morgan fingerprint density at radius 3 is 2.39 bits per heavy atom. The molecular formula is C23H28ClN5O2. The van der Waals surface area contributed by atoms with Crippen LogP contribution in [0, 0.1) is 0 Å². The van der Waals surface area contributed by atoms with E-state index in [1.54, 1.807) is 12.3 Å². The van der Waals surface area contributed by atoms with E-state index in [2.05, 4.69) is 20.5 Å². The highest BCUT2D eigenvalue weighted by Crippen LogP contribution is 2.27. The van der Waals surface area contributed by atoms with Gasteiger partial charge in [-0.05, 0) is 50.3 Å². The zero-order valence-corrected chi connectivity index (χ0v) is 18.3. The first-order valence-electron chi connectivity index (χ1n) is 10.9. The van der Waals surface area contributed by atoms with Crippen LogP contribution in [0.3, 0.4) is 0 Å². The van der Waals surface area contributed by atoms with Crippen molar-refractivity contribution in [2.24, 2.45) is 0 Å². The summed E-state index contributed by atoms with van der Waals surface area (Å²) in [6.07, 6.45) is 6.52. The first-order chi connectivity index (χ1) is 15.1. The van der Waals surface area contributed by atoms with Gasteiger partial charge in [0, 0.05) is 44.1 Å². The highest BCUT2D eigenvalue weighted by molar-refractivity contribution is 6.33. The molecule has 3 amide bonds. The van der Waals surface area contributed by atoms with E-state index in [9.17, 15) is 9.59 Å². The Balaban J connectivity index is 1.30. The first kappa shape index (κ1) is 21.4. The number of para-hydroxylation sites is 1. The van der Waals surface area contributed by atoms with Gasteiger partial charge in [0.15, 0.2) is 0 Å². The molecule has 2 aliphatic heterocycles. The number of likely N-dealkylation sites (tertiary alicyclic amines) is 1. The number of benzene rings is 1. The number of nitrogens with one attached hydrogen (secondary N) is 2. The molecule has 0 unspecified atom stereocenters. The minimum atomic E-state index is -0.193. The Bertz CT molecular complexity index is 909. The molecule has 0 spiro atoms. The number of hydrogen-bond donors (Lipinski definition) is 2. The van der Waals surface area contributed by atoms with Gasteiger partial charge in [-0.2, -0.15) is 0 Å². The van der Waals surface area contributed by atoms with Gasteiger partial charge < -0.3 is 20.4 Å². The maximum atomic E-state index is 12.7. The van der Waals surface area contributed by atoms with Gasteiger partial charge in [-0.3, -0.25) is 4.79 Å². The number of amides is 3. The number of urea groups is 1. The maximum absolute atomic E-state index is 12.7. The fraction of sp³-hybridized carbons (Fsp3) is 0.435. The lowest BCUT2D eigenvalue weighted by molar-refractivity contribution is 0.0724. The second-order valence-corrected chi connectivity index (χ2v) is 8.52. The maximum Gasteiger partial charge on any atom is 0.319 e. The summed E-state index contributed by atoms with van der Waals surface area (Å²) in [6, 6.07) is 11.0. The van der Waals surface area contributed by atoms with E-state index in [0.29, 0.717) is 16.4 Å². The number of hydrogen-bond acceptors (Lipinski definition) is 4. The van der Waals surface area contributed by atoms with E-state index in [1.807, 2.05) is 35.2 Å². The van der Waals surface area contributed by atoms with Crippen molar-refractivity contribution in [2.75, 3.05) is 36.4 Å². The molecule has 2 aliphatic rings. The molecule has 1 aromatic carbocycles. The van der Waals surface area contributed by atoms with Gasteiger partial charge in [-0.25, -0.2) is 9.78 Å². The summed E-state index contributed by atoms with van der Waals surface area (Å²) in [5.74, 6) is 0.706. The smallest absolute Gasteiger partial charge is 0.319 e. The van der Waals surface area contributed by atoms with Crippen molar-refractivity contribution in [3.8, 4) is 0 Å². The van der Waals surface area contributed by atoms with Crippen molar-refractivity contribution in [1.82, 2.24) is 15.2 Å². The van der Waals surface area contributed by atoms with Gasteiger partial charge in [0.05, 0.1) is 10.6 Å². The largest absolute Gasteiger partial charge is 0.355 e. The predicted octanol–water partition coefficient (Wildman–Crippen LogP) is 4.15. The van der Waals surface area contributed by atoms with Crippen LogP contribution in [0.4, 0.5) is 16.3 Å². The molecule has 8 heteroatoms. The quantitative estimate of drug-likeness (QED) is 0.747. The molecule has 3 heterocycles. The predicted molar refractivity (Wildman–Crippen MR) is 123 cm³/mol. The van der Waals surface area contributed by atoms with E-state index in [-0.39, 0.29) is 18.0 Å². The molecular weight excluding hydrogens is 414 g/mol. The lowest BCUT2D eigenvalue weighted by Crippen LogP contribution is -2.46. The van der Waals surface area contributed by atoms with Crippen LogP contribution in [0.2, 0.25) is 5.02 Å². The zero-order valence-electron chi connectivity index (χ0n) is 17.5. The van der Waals surface area contributed by atoms with Gasteiger partial charge in [-0.15, -0.1) is 0 Å². The van der Waals surface area contributed by atoms with Crippen LogP contribution in [0.25, 0.3) is 0 Å². The Labute approximate surface area is 187 Å². The average Bonchev–Trinajstić information content (AvgIpc) is 2.80. The minimum Gasteiger partial charge on any atom is -0.355 e. The molecule has 0 aliphatic carbocycles. The summed E-state index contributed by atoms with van der Waals surface area (Å²) < 4.78 is 0. The summed E-state index contributed by atoms with van der Waals surface area (Å²) in [5.41, 5.74) is 1.32. The number of carbonyl (C=O) groups is 2. The van der Waals surface area contributed by atoms with Gasteiger partial charge in [-0.1, -0.05) is 29.8 Å². The van der Waals surface area contributed by atoms with Crippen LogP contribution in [0.5, 0.6) is 0 Å².